The number of hydrogen-bond acceptors (Lipinski definition) is 4. The van der Waals surface area contributed by atoms with E-state index in [1.807, 2.05) is 19.2 Å². The van der Waals surface area contributed by atoms with E-state index in [-0.39, 0.29) is 5.91 Å². The molecule has 1 unspecified atom stereocenters. The summed E-state index contributed by atoms with van der Waals surface area (Å²) in [6, 6.07) is 4.12. The standard InChI is InChI=1S/C14H22N4O/c1-17(2)14(19)12-8-11(6-7-16-12)18(3)13(9-15)10-4-5-10/h6-8,10,13H,4-5,9,15H2,1-3H3. The minimum Gasteiger partial charge on any atom is -0.370 e. The molecule has 0 saturated heterocycles. The molecule has 1 heterocycles. The topological polar surface area (TPSA) is 62.5 Å². The molecule has 0 radical (unpaired) electrons. The summed E-state index contributed by atoms with van der Waals surface area (Å²) in [5, 5.41) is 0. The van der Waals surface area contributed by atoms with Crippen LogP contribution in [0.5, 0.6) is 0 Å². The third kappa shape index (κ3) is 3.04. The molecule has 1 aromatic heterocycles. The van der Waals surface area contributed by atoms with Crippen molar-refractivity contribution in [3.05, 3.63) is 24.0 Å². The van der Waals surface area contributed by atoms with Crippen LogP contribution in [0.1, 0.15) is 23.3 Å². The number of amides is 1. The summed E-state index contributed by atoms with van der Waals surface area (Å²) in [6.07, 6.45) is 4.19. The van der Waals surface area contributed by atoms with Crippen LogP contribution in [0.25, 0.3) is 0 Å². The van der Waals surface area contributed by atoms with Crippen LogP contribution >= 0.6 is 0 Å². The monoisotopic (exact) mass is 262 g/mol. The Labute approximate surface area is 114 Å². The smallest absolute Gasteiger partial charge is 0.272 e. The average molecular weight is 262 g/mol. The zero-order valence-corrected chi connectivity index (χ0v) is 11.8. The normalized spacial score (nSPS) is 16.0. The second kappa shape index (κ2) is 5.57. The lowest BCUT2D eigenvalue weighted by molar-refractivity contribution is 0.0822. The van der Waals surface area contributed by atoms with Gasteiger partial charge < -0.3 is 15.5 Å². The predicted molar refractivity (Wildman–Crippen MR) is 76.2 cm³/mol. The van der Waals surface area contributed by atoms with Crippen molar-refractivity contribution in [3.8, 4) is 0 Å². The van der Waals surface area contributed by atoms with Crippen molar-refractivity contribution in [2.24, 2.45) is 11.7 Å². The van der Waals surface area contributed by atoms with E-state index >= 15 is 0 Å². The maximum absolute atomic E-state index is 11.9. The minimum absolute atomic E-state index is 0.0778. The van der Waals surface area contributed by atoms with Crippen molar-refractivity contribution in [3.63, 3.8) is 0 Å². The number of likely N-dealkylation sites (N-methyl/N-ethyl adjacent to an activating group) is 1. The summed E-state index contributed by atoms with van der Waals surface area (Å²) >= 11 is 0. The number of carbonyl (C=O) groups excluding carboxylic acids is 1. The second-order valence-corrected chi connectivity index (χ2v) is 5.35. The lowest BCUT2D eigenvalue weighted by Crippen LogP contribution is -2.39. The number of carbonyl (C=O) groups is 1. The largest absolute Gasteiger partial charge is 0.370 e. The van der Waals surface area contributed by atoms with Gasteiger partial charge in [-0.25, -0.2) is 0 Å². The Morgan fingerprint density at radius 3 is 2.68 bits per heavy atom. The van der Waals surface area contributed by atoms with Gasteiger partial charge in [-0.2, -0.15) is 0 Å². The van der Waals surface area contributed by atoms with Crippen LogP contribution in [-0.4, -0.2) is 49.5 Å². The molecule has 1 amide bonds. The number of nitrogens with two attached hydrogens (primary N) is 1. The molecule has 5 nitrogen and oxygen atoms in total. The molecule has 1 aliphatic rings. The van der Waals surface area contributed by atoms with E-state index in [1.54, 1.807) is 20.3 Å². The fourth-order valence-electron chi connectivity index (χ4n) is 2.32. The highest BCUT2D eigenvalue weighted by Gasteiger charge is 2.33. The molecule has 5 heteroatoms. The molecule has 0 spiro atoms. The zero-order chi connectivity index (χ0) is 14.0. The lowest BCUT2D eigenvalue weighted by atomic mass is 10.1. The van der Waals surface area contributed by atoms with E-state index in [1.165, 1.54) is 17.7 Å². The third-order valence-corrected chi connectivity index (χ3v) is 3.68. The summed E-state index contributed by atoms with van der Waals surface area (Å²) in [5.41, 5.74) is 7.34. The van der Waals surface area contributed by atoms with E-state index in [2.05, 4.69) is 9.88 Å². The van der Waals surface area contributed by atoms with Crippen molar-refractivity contribution in [1.29, 1.82) is 0 Å². The maximum atomic E-state index is 11.9. The molecule has 0 aromatic carbocycles. The van der Waals surface area contributed by atoms with Crippen molar-refractivity contribution in [2.75, 3.05) is 32.6 Å². The first-order valence-electron chi connectivity index (χ1n) is 6.65. The molecule has 1 fully saturated rings. The van der Waals surface area contributed by atoms with E-state index in [4.69, 9.17) is 5.73 Å². The van der Waals surface area contributed by atoms with E-state index < -0.39 is 0 Å². The molecule has 1 aliphatic carbocycles. The number of pyridine rings is 1. The summed E-state index contributed by atoms with van der Waals surface area (Å²) in [7, 11) is 5.50. The third-order valence-electron chi connectivity index (χ3n) is 3.68. The number of nitrogens with zero attached hydrogens (tertiary/aromatic N) is 3. The molecule has 104 valence electrons. The summed E-state index contributed by atoms with van der Waals surface area (Å²) in [6.45, 7) is 0.639. The van der Waals surface area contributed by atoms with Gasteiger partial charge in [-0.3, -0.25) is 9.78 Å². The van der Waals surface area contributed by atoms with Gasteiger partial charge in [-0.1, -0.05) is 0 Å². The van der Waals surface area contributed by atoms with E-state index in [0.29, 0.717) is 24.2 Å². The Balaban J connectivity index is 2.20. The Hall–Kier alpha value is -1.62. The van der Waals surface area contributed by atoms with Crippen LogP contribution in [0.2, 0.25) is 0 Å². The molecule has 1 atom stereocenters. The summed E-state index contributed by atoms with van der Waals surface area (Å²) < 4.78 is 0. The second-order valence-electron chi connectivity index (χ2n) is 5.35. The number of anilines is 1. The van der Waals surface area contributed by atoms with Gasteiger partial charge in [-0.15, -0.1) is 0 Å². The molecule has 0 bridgehead atoms. The van der Waals surface area contributed by atoms with Crippen LogP contribution in [0, 0.1) is 5.92 Å². The van der Waals surface area contributed by atoms with Crippen LogP contribution in [0.15, 0.2) is 18.3 Å². The van der Waals surface area contributed by atoms with Crippen LogP contribution in [0.3, 0.4) is 0 Å². The van der Waals surface area contributed by atoms with E-state index in [9.17, 15) is 4.79 Å². The van der Waals surface area contributed by atoms with Crippen molar-refractivity contribution >= 4 is 11.6 Å². The number of hydrogen-bond donors (Lipinski definition) is 1. The molecular formula is C14H22N4O. The van der Waals surface area contributed by atoms with Gasteiger partial charge >= 0.3 is 0 Å². The Morgan fingerprint density at radius 2 is 2.16 bits per heavy atom. The fourth-order valence-corrected chi connectivity index (χ4v) is 2.32. The van der Waals surface area contributed by atoms with Crippen molar-refractivity contribution in [1.82, 2.24) is 9.88 Å². The minimum atomic E-state index is -0.0778. The molecule has 0 aliphatic heterocycles. The maximum Gasteiger partial charge on any atom is 0.272 e. The quantitative estimate of drug-likeness (QED) is 0.858. The van der Waals surface area contributed by atoms with Crippen LogP contribution < -0.4 is 10.6 Å². The molecule has 1 saturated carbocycles. The zero-order valence-electron chi connectivity index (χ0n) is 11.8. The van der Waals surface area contributed by atoms with Gasteiger partial charge in [0, 0.05) is 45.6 Å². The van der Waals surface area contributed by atoms with Gasteiger partial charge in [-0.05, 0) is 30.9 Å². The SMILES string of the molecule is CN(C)C(=O)c1cc(N(C)C(CN)C2CC2)ccn1. The Morgan fingerprint density at radius 1 is 1.47 bits per heavy atom. The first-order chi connectivity index (χ1) is 9.04. The lowest BCUT2D eigenvalue weighted by Gasteiger charge is -2.29. The van der Waals surface area contributed by atoms with E-state index in [0.717, 1.165) is 5.69 Å². The Kier molecular flexibility index (Phi) is 4.04. The van der Waals surface area contributed by atoms with Gasteiger partial charge in [0.25, 0.3) is 5.91 Å². The highest BCUT2D eigenvalue weighted by molar-refractivity contribution is 5.92. The molecule has 2 N–H and O–H groups in total. The van der Waals surface area contributed by atoms with Crippen molar-refractivity contribution in [2.45, 2.75) is 18.9 Å². The molecule has 1 aromatic rings. The number of aromatic nitrogens is 1. The first-order valence-corrected chi connectivity index (χ1v) is 6.65. The predicted octanol–water partition coefficient (Wildman–Crippen LogP) is 0.957. The Bertz CT molecular complexity index is 457. The summed E-state index contributed by atoms with van der Waals surface area (Å²) in [5.74, 6) is 0.613. The highest BCUT2D eigenvalue weighted by Crippen LogP contribution is 2.36. The van der Waals surface area contributed by atoms with Gasteiger partial charge in [0.2, 0.25) is 0 Å². The molecule has 2 rings (SSSR count). The van der Waals surface area contributed by atoms with Gasteiger partial charge in [0.15, 0.2) is 0 Å². The fraction of sp³-hybridized carbons (Fsp3) is 0.571. The highest BCUT2D eigenvalue weighted by atomic mass is 16.2. The summed E-state index contributed by atoms with van der Waals surface area (Å²) in [4.78, 5) is 19.8. The first kappa shape index (κ1) is 13.8. The average Bonchev–Trinajstić information content (AvgIpc) is 3.23. The van der Waals surface area contributed by atoms with Crippen molar-refractivity contribution < 1.29 is 4.79 Å². The number of rotatable bonds is 5. The van der Waals surface area contributed by atoms with Gasteiger partial charge in [0.1, 0.15) is 5.69 Å². The van der Waals surface area contributed by atoms with Crippen LogP contribution in [-0.2, 0) is 0 Å². The molecule has 19 heavy (non-hydrogen) atoms. The van der Waals surface area contributed by atoms with Crippen LogP contribution in [0.4, 0.5) is 5.69 Å². The van der Waals surface area contributed by atoms with Gasteiger partial charge in [0.05, 0.1) is 0 Å². The molecular weight excluding hydrogens is 240 g/mol.